The zero-order valence-electron chi connectivity index (χ0n) is 8.55. The highest BCUT2D eigenvalue weighted by Crippen LogP contribution is 2.16. The molecule has 1 heterocycles. The van der Waals surface area contributed by atoms with Crippen LogP contribution in [0.5, 0.6) is 0 Å². The number of carbonyl (C=O) groups excluding carboxylic acids is 1. The molecular weight excluding hydrogens is 248 g/mol. The SMILES string of the molecule is CC(C)(Br)C(=O)OCC[NH+]1C=NCC1. The van der Waals surface area contributed by atoms with Gasteiger partial charge < -0.3 is 4.74 Å². The number of hydrogen-bond acceptors (Lipinski definition) is 3. The maximum Gasteiger partial charge on any atom is 0.322 e. The highest BCUT2D eigenvalue weighted by atomic mass is 79.9. The second-order valence-corrected chi connectivity index (χ2v) is 5.78. The highest BCUT2D eigenvalue weighted by molar-refractivity contribution is 9.10. The largest absolute Gasteiger partial charge is 0.459 e. The lowest BCUT2D eigenvalue weighted by Gasteiger charge is -2.15. The summed E-state index contributed by atoms with van der Waals surface area (Å²) in [6.07, 6.45) is 1.88. The van der Waals surface area contributed by atoms with E-state index in [4.69, 9.17) is 4.74 Å². The number of nitrogens with one attached hydrogen (secondary N) is 1. The molecule has 0 aliphatic carbocycles. The Morgan fingerprint density at radius 3 is 2.93 bits per heavy atom. The van der Waals surface area contributed by atoms with Gasteiger partial charge in [0.2, 0.25) is 0 Å². The number of esters is 1. The van der Waals surface area contributed by atoms with Gasteiger partial charge in [0.1, 0.15) is 24.0 Å². The fourth-order valence-corrected chi connectivity index (χ4v) is 1.22. The lowest BCUT2D eigenvalue weighted by atomic mass is 10.2. The van der Waals surface area contributed by atoms with Crippen LogP contribution in [0.3, 0.4) is 0 Å². The number of alkyl halides is 1. The van der Waals surface area contributed by atoms with Crippen LogP contribution in [-0.2, 0) is 9.53 Å². The van der Waals surface area contributed by atoms with Crippen LogP contribution in [0.1, 0.15) is 13.8 Å². The first-order valence-electron chi connectivity index (χ1n) is 4.71. The first kappa shape index (κ1) is 11.7. The van der Waals surface area contributed by atoms with E-state index in [2.05, 4.69) is 20.9 Å². The standard InChI is InChI=1S/C9H15BrN2O2/c1-9(2,10)8(13)14-6-5-12-4-3-11-7-12/h7H,3-6H2,1-2H3/p+1. The Kier molecular flexibility index (Phi) is 4.07. The lowest BCUT2D eigenvalue weighted by Crippen LogP contribution is -3.10. The maximum atomic E-state index is 11.3. The summed E-state index contributed by atoms with van der Waals surface area (Å²) in [5, 5.41) is 0. The summed E-state index contributed by atoms with van der Waals surface area (Å²) in [6.45, 7) is 6.70. The van der Waals surface area contributed by atoms with Gasteiger partial charge in [0.05, 0.1) is 6.54 Å². The van der Waals surface area contributed by atoms with Gasteiger partial charge in [0.25, 0.3) is 0 Å². The fraction of sp³-hybridized carbons (Fsp3) is 0.778. The Bertz CT molecular complexity index is 235. The monoisotopic (exact) mass is 263 g/mol. The van der Waals surface area contributed by atoms with Gasteiger partial charge in [-0.2, -0.15) is 0 Å². The van der Waals surface area contributed by atoms with Crippen LogP contribution in [0, 0.1) is 0 Å². The topological polar surface area (TPSA) is 43.1 Å². The predicted molar refractivity (Wildman–Crippen MR) is 58.0 cm³/mol. The van der Waals surface area contributed by atoms with E-state index in [-0.39, 0.29) is 5.97 Å². The molecule has 0 saturated heterocycles. The third kappa shape index (κ3) is 3.75. The van der Waals surface area contributed by atoms with Crippen molar-refractivity contribution in [2.24, 2.45) is 4.99 Å². The van der Waals surface area contributed by atoms with Gasteiger partial charge in [0.15, 0.2) is 6.34 Å². The molecule has 0 aromatic rings. The Morgan fingerprint density at radius 2 is 2.43 bits per heavy atom. The molecule has 80 valence electrons. The number of hydrogen-bond donors (Lipinski definition) is 1. The first-order valence-corrected chi connectivity index (χ1v) is 5.50. The Morgan fingerprint density at radius 1 is 1.71 bits per heavy atom. The molecule has 0 aromatic carbocycles. The van der Waals surface area contributed by atoms with Gasteiger partial charge in [-0.05, 0) is 13.8 Å². The summed E-state index contributed by atoms with van der Waals surface area (Å²) in [5.74, 6) is -0.215. The Hall–Kier alpha value is -0.420. The minimum Gasteiger partial charge on any atom is -0.459 e. The van der Waals surface area contributed by atoms with Crippen molar-refractivity contribution >= 4 is 28.2 Å². The van der Waals surface area contributed by atoms with E-state index in [1.165, 1.54) is 4.90 Å². The van der Waals surface area contributed by atoms with Crippen molar-refractivity contribution < 1.29 is 14.4 Å². The van der Waals surface area contributed by atoms with Crippen molar-refractivity contribution in [3.8, 4) is 0 Å². The first-order chi connectivity index (χ1) is 6.50. The molecule has 0 amide bonds. The zero-order valence-corrected chi connectivity index (χ0v) is 10.1. The number of halogens is 1. The minimum atomic E-state index is -0.582. The summed E-state index contributed by atoms with van der Waals surface area (Å²) in [6, 6.07) is 0. The van der Waals surface area contributed by atoms with Crippen LogP contribution in [0.25, 0.3) is 0 Å². The molecule has 0 fully saturated rings. The smallest absolute Gasteiger partial charge is 0.322 e. The zero-order chi connectivity index (χ0) is 10.6. The average Bonchev–Trinajstić information content (AvgIpc) is 2.55. The second kappa shape index (κ2) is 4.89. The number of rotatable bonds is 4. The third-order valence-electron chi connectivity index (χ3n) is 1.98. The van der Waals surface area contributed by atoms with Crippen molar-refractivity contribution in [2.45, 2.75) is 18.2 Å². The van der Waals surface area contributed by atoms with Gasteiger partial charge in [-0.15, -0.1) is 0 Å². The average molecular weight is 264 g/mol. The molecule has 1 aliphatic rings. The second-order valence-electron chi connectivity index (χ2n) is 3.80. The molecule has 1 unspecified atom stereocenters. The van der Waals surface area contributed by atoms with E-state index in [0.29, 0.717) is 6.61 Å². The van der Waals surface area contributed by atoms with E-state index in [1.807, 2.05) is 6.34 Å². The Labute approximate surface area is 92.5 Å². The van der Waals surface area contributed by atoms with Crippen LogP contribution in [-0.4, -0.2) is 42.9 Å². The van der Waals surface area contributed by atoms with E-state index in [0.717, 1.165) is 19.6 Å². The molecule has 4 nitrogen and oxygen atoms in total. The summed E-state index contributed by atoms with van der Waals surface area (Å²) in [5.41, 5.74) is 0. The number of quaternary nitrogens is 1. The summed E-state index contributed by atoms with van der Waals surface area (Å²) in [7, 11) is 0. The molecule has 1 aliphatic heterocycles. The quantitative estimate of drug-likeness (QED) is 0.556. The van der Waals surface area contributed by atoms with Crippen LogP contribution >= 0.6 is 15.9 Å². The summed E-state index contributed by atoms with van der Waals surface area (Å²) >= 11 is 3.25. The van der Waals surface area contributed by atoms with E-state index in [1.54, 1.807) is 13.8 Å². The van der Waals surface area contributed by atoms with Gasteiger partial charge in [-0.1, -0.05) is 15.9 Å². The third-order valence-corrected chi connectivity index (χ3v) is 2.30. The molecule has 14 heavy (non-hydrogen) atoms. The molecule has 0 spiro atoms. The molecule has 0 bridgehead atoms. The van der Waals surface area contributed by atoms with Crippen molar-refractivity contribution in [1.82, 2.24) is 0 Å². The summed E-state index contributed by atoms with van der Waals surface area (Å²) < 4.78 is 4.52. The molecule has 5 heteroatoms. The van der Waals surface area contributed by atoms with Crippen molar-refractivity contribution in [2.75, 3.05) is 26.2 Å². The minimum absolute atomic E-state index is 0.215. The number of aliphatic imine (C=N–C) groups is 1. The van der Waals surface area contributed by atoms with Gasteiger partial charge in [-0.25, -0.2) is 4.99 Å². The maximum absolute atomic E-state index is 11.3. The van der Waals surface area contributed by atoms with E-state index < -0.39 is 4.32 Å². The van der Waals surface area contributed by atoms with Crippen LogP contribution < -0.4 is 4.90 Å². The molecule has 1 atom stereocenters. The van der Waals surface area contributed by atoms with Crippen molar-refractivity contribution in [3.63, 3.8) is 0 Å². The molecule has 1 rings (SSSR count). The van der Waals surface area contributed by atoms with Gasteiger partial charge in [-0.3, -0.25) is 9.69 Å². The van der Waals surface area contributed by atoms with Crippen molar-refractivity contribution in [1.29, 1.82) is 0 Å². The highest BCUT2D eigenvalue weighted by Gasteiger charge is 2.25. The van der Waals surface area contributed by atoms with E-state index >= 15 is 0 Å². The molecular formula is C9H16BrN2O2+. The van der Waals surface area contributed by atoms with Gasteiger partial charge >= 0.3 is 5.97 Å². The number of nitrogens with zero attached hydrogens (tertiary/aromatic N) is 1. The predicted octanol–water partition coefficient (Wildman–Crippen LogP) is -0.370. The Balaban J connectivity index is 2.15. The molecule has 0 radical (unpaired) electrons. The molecule has 0 aromatic heterocycles. The number of carbonyl (C=O) groups is 1. The van der Waals surface area contributed by atoms with Crippen molar-refractivity contribution in [3.05, 3.63) is 0 Å². The van der Waals surface area contributed by atoms with E-state index in [9.17, 15) is 4.79 Å². The summed E-state index contributed by atoms with van der Waals surface area (Å²) in [4.78, 5) is 16.7. The molecule has 1 N–H and O–H groups in total. The fourth-order valence-electron chi connectivity index (χ4n) is 1.10. The van der Waals surface area contributed by atoms with Crippen LogP contribution in [0.15, 0.2) is 4.99 Å². The number of ether oxygens (including phenoxy) is 1. The van der Waals surface area contributed by atoms with Gasteiger partial charge in [0, 0.05) is 0 Å². The van der Waals surface area contributed by atoms with Crippen LogP contribution in [0.4, 0.5) is 0 Å². The molecule has 0 saturated carbocycles. The van der Waals surface area contributed by atoms with Crippen LogP contribution in [0.2, 0.25) is 0 Å². The normalized spacial score (nSPS) is 21.2. The lowest BCUT2D eigenvalue weighted by molar-refractivity contribution is -0.791.